The Hall–Kier alpha value is -1.35. The van der Waals surface area contributed by atoms with Crippen molar-refractivity contribution in [2.24, 2.45) is 5.73 Å². The second-order valence-corrected chi connectivity index (χ2v) is 4.63. The number of nitrogens with zero attached hydrogens (tertiary/aromatic N) is 1. The Kier molecular flexibility index (Phi) is 3.20. The van der Waals surface area contributed by atoms with Crippen molar-refractivity contribution in [3.8, 4) is 0 Å². The van der Waals surface area contributed by atoms with E-state index in [2.05, 4.69) is 18.8 Å². The number of oxazole rings is 1. The van der Waals surface area contributed by atoms with Crippen LogP contribution >= 0.6 is 0 Å². The van der Waals surface area contributed by atoms with Gasteiger partial charge in [-0.15, -0.1) is 0 Å². The van der Waals surface area contributed by atoms with E-state index < -0.39 is 0 Å². The topological polar surface area (TPSA) is 52.0 Å². The number of rotatable bonds is 4. The zero-order valence-electron chi connectivity index (χ0n) is 10.8. The van der Waals surface area contributed by atoms with Gasteiger partial charge < -0.3 is 10.2 Å². The number of fused-ring (bicyclic) bond motifs is 1. The molecule has 3 nitrogen and oxygen atoms in total. The predicted octanol–water partition coefficient (Wildman–Crippen LogP) is 3.15. The Labute approximate surface area is 102 Å². The Bertz CT molecular complexity index is 504. The quantitative estimate of drug-likeness (QED) is 0.881. The molecule has 0 saturated heterocycles. The summed E-state index contributed by atoms with van der Waals surface area (Å²) in [5, 5.41) is 0. The summed E-state index contributed by atoms with van der Waals surface area (Å²) in [7, 11) is 0. The van der Waals surface area contributed by atoms with Crippen LogP contribution < -0.4 is 5.73 Å². The van der Waals surface area contributed by atoms with Crippen LogP contribution in [0.25, 0.3) is 11.1 Å². The molecular formula is C14H20N2O. The Morgan fingerprint density at radius 2 is 2.00 bits per heavy atom. The van der Waals surface area contributed by atoms with Gasteiger partial charge in [0.1, 0.15) is 5.52 Å². The molecule has 0 unspecified atom stereocenters. The fourth-order valence-corrected chi connectivity index (χ4v) is 2.24. The van der Waals surface area contributed by atoms with Crippen LogP contribution in [0.4, 0.5) is 0 Å². The van der Waals surface area contributed by atoms with Gasteiger partial charge in [0.15, 0.2) is 5.58 Å². The van der Waals surface area contributed by atoms with Gasteiger partial charge in [0.2, 0.25) is 5.89 Å². The van der Waals surface area contributed by atoms with Gasteiger partial charge in [0.05, 0.1) is 5.41 Å². The highest BCUT2D eigenvalue weighted by Crippen LogP contribution is 2.32. The molecule has 0 atom stereocenters. The molecule has 0 aliphatic rings. The molecular weight excluding hydrogens is 212 g/mol. The highest BCUT2D eigenvalue weighted by atomic mass is 16.3. The number of aryl methyl sites for hydroxylation is 1. The number of benzene rings is 1. The van der Waals surface area contributed by atoms with Crippen LogP contribution in [0.1, 0.15) is 38.1 Å². The number of aromatic nitrogens is 1. The van der Waals surface area contributed by atoms with Gasteiger partial charge in [-0.1, -0.05) is 26.0 Å². The van der Waals surface area contributed by atoms with E-state index in [9.17, 15) is 0 Å². The lowest BCUT2D eigenvalue weighted by Gasteiger charge is -2.25. The number of nitrogens with two attached hydrogens (primary N) is 1. The van der Waals surface area contributed by atoms with Gasteiger partial charge in [-0.3, -0.25) is 0 Å². The van der Waals surface area contributed by atoms with Crippen LogP contribution in [0.3, 0.4) is 0 Å². The van der Waals surface area contributed by atoms with Crippen LogP contribution in [0.15, 0.2) is 22.6 Å². The minimum Gasteiger partial charge on any atom is -0.440 e. The Balaban J connectivity index is 2.59. The molecule has 2 aromatic rings. The second kappa shape index (κ2) is 4.49. The van der Waals surface area contributed by atoms with Gasteiger partial charge in [0.25, 0.3) is 0 Å². The Morgan fingerprint density at radius 1 is 1.29 bits per heavy atom. The van der Waals surface area contributed by atoms with Crippen LogP contribution in [0, 0.1) is 6.92 Å². The van der Waals surface area contributed by atoms with Gasteiger partial charge >= 0.3 is 0 Å². The first kappa shape index (κ1) is 12.1. The van der Waals surface area contributed by atoms with E-state index in [1.807, 2.05) is 25.1 Å². The summed E-state index contributed by atoms with van der Waals surface area (Å²) in [5.41, 5.74) is 8.75. The maximum absolute atomic E-state index is 5.95. The smallest absolute Gasteiger partial charge is 0.202 e. The number of para-hydroxylation sites is 1. The summed E-state index contributed by atoms with van der Waals surface area (Å²) in [4.78, 5) is 4.61. The summed E-state index contributed by atoms with van der Waals surface area (Å²) in [6.45, 7) is 6.89. The van der Waals surface area contributed by atoms with E-state index in [4.69, 9.17) is 10.2 Å². The molecule has 0 aliphatic heterocycles. The van der Waals surface area contributed by atoms with Crippen molar-refractivity contribution in [3.05, 3.63) is 29.7 Å². The van der Waals surface area contributed by atoms with Crippen molar-refractivity contribution in [1.82, 2.24) is 4.98 Å². The van der Waals surface area contributed by atoms with E-state index in [1.54, 1.807) is 0 Å². The highest BCUT2D eigenvalue weighted by Gasteiger charge is 2.32. The van der Waals surface area contributed by atoms with Gasteiger partial charge in [-0.2, -0.15) is 0 Å². The molecule has 0 amide bonds. The zero-order valence-corrected chi connectivity index (χ0v) is 10.8. The first-order valence-corrected chi connectivity index (χ1v) is 6.23. The Morgan fingerprint density at radius 3 is 2.53 bits per heavy atom. The maximum Gasteiger partial charge on any atom is 0.202 e. The minimum absolute atomic E-state index is 0.120. The summed E-state index contributed by atoms with van der Waals surface area (Å²) in [6.07, 6.45) is 1.90. The van der Waals surface area contributed by atoms with Crippen LogP contribution in [-0.4, -0.2) is 11.5 Å². The SMILES string of the molecule is CCC(CC)(CN)c1nc2cccc(C)c2o1. The van der Waals surface area contributed by atoms with Crippen LogP contribution in [0.2, 0.25) is 0 Å². The van der Waals surface area contributed by atoms with Crippen molar-refractivity contribution in [3.63, 3.8) is 0 Å². The zero-order chi connectivity index (χ0) is 12.5. The first-order chi connectivity index (χ1) is 8.16. The summed E-state index contributed by atoms with van der Waals surface area (Å²) < 4.78 is 5.95. The molecule has 1 heterocycles. The molecule has 0 spiro atoms. The molecule has 92 valence electrons. The van der Waals surface area contributed by atoms with Crippen molar-refractivity contribution in [1.29, 1.82) is 0 Å². The highest BCUT2D eigenvalue weighted by molar-refractivity contribution is 5.76. The number of hydrogen-bond donors (Lipinski definition) is 1. The fourth-order valence-electron chi connectivity index (χ4n) is 2.24. The molecule has 2 rings (SSSR count). The summed E-state index contributed by atoms with van der Waals surface area (Å²) in [6, 6.07) is 6.03. The minimum atomic E-state index is -0.120. The normalized spacial score (nSPS) is 12.2. The molecule has 3 heteroatoms. The fraction of sp³-hybridized carbons (Fsp3) is 0.500. The predicted molar refractivity (Wildman–Crippen MR) is 70.1 cm³/mol. The maximum atomic E-state index is 5.95. The molecule has 0 saturated carbocycles. The molecule has 1 aromatic carbocycles. The van der Waals surface area contributed by atoms with E-state index in [0.717, 1.165) is 35.4 Å². The van der Waals surface area contributed by atoms with Gasteiger partial charge in [-0.25, -0.2) is 4.98 Å². The summed E-state index contributed by atoms with van der Waals surface area (Å²) >= 11 is 0. The molecule has 0 fully saturated rings. The molecule has 1 aromatic heterocycles. The largest absolute Gasteiger partial charge is 0.440 e. The summed E-state index contributed by atoms with van der Waals surface area (Å²) in [5.74, 6) is 0.786. The van der Waals surface area contributed by atoms with Gasteiger partial charge in [0, 0.05) is 6.54 Å². The van der Waals surface area contributed by atoms with Crippen LogP contribution in [-0.2, 0) is 5.41 Å². The lowest BCUT2D eigenvalue weighted by Crippen LogP contribution is -2.34. The third kappa shape index (κ3) is 1.84. The third-order valence-corrected chi connectivity index (χ3v) is 3.81. The molecule has 0 bridgehead atoms. The third-order valence-electron chi connectivity index (χ3n) is 3.81. The monoisotopic (exact) mass is 232 g/mol. The van der Waals surface area contributed by atoms with E-state index >= 15 is 0 Å². The van der Waals surface area contributed by atoms with Crippen molar-refractivity contribution in [2.75, 3.05) is 6.54 Å². The van der Waals surface area contributed by atoms with Crippen LogP contribution in [0.5, 0.6) is 0 Å². The van der Waals surface area contributed by atoms with E-state index in [-0.39, 0.29) is 5.41 Å². The molecule has 2 N–H and O–H groups in total. The van der Waals surface area contributed by atoms with E-state index in [0.29, 0.717) is 6.54 Å². The van der Waals surface area contributed by atoms with Crippen molar-refractivity contribution >= 4 is 11.1 Å². The second-order valence-electron chi connectivity index (χ2n) is 4.63. The first-order valence-electron chi connectivity index (χ1n) is 6.23. The molecule has 17 heavy (non-hydrogen) atoms. The van der Waals surface area contributed by atoms with E-state index in [1.165, 1.54) is 0 Å². The standard InChI is InChI=1S/C14H20N2O/c1-4-14(5-2,9-15)13-16-11-8-6-7-10(3)12(11)17-13/h6-8H,4-5,9,15H2,1-3H3. The van der Waals surface area contributed by atoms with Gasteiger partial charge in [-0.05, 0) is 31.4 Å². The lowest BCUT2D eigenvalue weighted by molar-refractivity contribution is 0.316. The lowest BCUT2D eigenvalue weighted by atomic mass is 9.82. The molecule has 0 aliphatic carbocycles. The van der Waals surface area contributed by atoms with Crippen molar-refractivity contribution in [2.45, 2.75) is 39.0 Å². The average Bonchev–Trinajstić information content (AvgIpc) is 2.78. The van der Waals surface area contributed by atoms with Crippen molar-refractivity contribution < 1.29 is 4.42 Å². The average molecular weight is 232 g/mol. The molecule has 0 radical (unpaired) electrons. The number of hydrogen-bond acceptors (Lipinski definition) is 3.